The molecule has 25 heavy (non-hydrogen) atoms. The molecule has 0 saturated heterocycles. The molecule has 7 nitrogen and oxygen atoms in total. The van der Waals surface area contributed by atoms with Crippen LogP contribution in [-0.4, -0.2) is 37.8 Å². The number of ether oxygens (including phenoxy) is 1. The van der Waals surface area contributed by atoms with Gasteiger partial charge in [0, 0.05) is 23.5 Å². The molecule has 0 aliphatic heterocycles. The normalized spacial score (nSPS) is 12.2. The Kier molecular flexibility index (Phi) is 5.10. The predicted molar refractivity (Wildman–Crippen MR) is 97.5 cm³/mol. The SMILES string of the molecule is COc1cc(Cl)c(C)cc1NC(=O)C(C)Sc1nc2ncccn2n1. The molecule has 1 N–H and O–H groups in total. The van der Waals surface area contributed by atoms with E-state index in [1.165, 1.54) is 18.9 Å². The van der Waals surface area contributed by atoms with Crippen molar-refractivity contribution in [2.75, 3.05) is 12.4 Å². The van der Waals surface area contributed by atoms with E-state index in [9.17, 15) is 4.79 Å². The van der Waals surface area contributed by atoms with Crippen molar-refractivity contribution in [3.8, 4) is 5.75 Å². The van der Waals surface area contributed by atoms with Crippen molar-refractivity contribution in [2.24, 2.45) is 0 Å². The first-order valence-corrected chi connectivity index (χ1v) is 8.72. The lowest BCUT2D eigenvalue weighted by Crippen LogP contribution is -2.23. The molecule has 9 heteroatoms. The minimum atomic E-state index is -0.405. The number of anilines is 1. The molecule has 0 bridgehead atoms. The Bertz CT molecular complexity index is 897. The Morgan fingerprint density at radius 2 is 2.24 bits per heavy atom. The predicted octanol–water partition coefficient (Wildman–Crippen LogP) is 3.21. The quantitative estimate of drug-likeness (QED) is 0.687. The fraction of sp³-hybridized carbons (Fsp3) is 0.250. The van der Waals surface area contributed by atoms with Crippen LogP contribution in [0.1, 0.15) is 12.5 Å². The van der Waals surface area contributed by atoms with Crippen LogP contribution in [0.3, 0.4) is 0 Å². The Labute approximate surface area is 153 Å². The first-order valence-electron chi connectivity index (χ1n) is 7.47. The van der Waals surface area contributed by atoms with Gasteiger partial charge in [-0.15, -0.1) is 5.10 Å². The van der Waals surface area contributed by atoms with Crippen molar-refractivity contribution in [3.05, 3.63) is 41.2 Å². The highest BCUT2D eigenvalue weighted by atomic mass is 35.5. The number of fused-ring (bicyclic) bond motifs is 1. The van der Waals surface area contributed by atoms with Crippen molar-refractivity contribution in [1.29, 1.82) is 0 Å². The lowest BCUT2D eigenvalue weighted by atomic mass is 10.2. The zero-order valence-electron chi connectivity index (χ0n) is 13.9. The molecule has 1 amide bonds. The summed E-state index contributed by atoms with van der Waals surface area (Å²) in [5, 5.41) is 7.81. The standard InChI is InChI=1S/C16H16ClN5O2S/c1-9-7-12(13(24-3)8-11(9)17)19-14(23)10(2)25-16-20-15-18-5-4-6-22(15)21-16/h4-8,10H,1-3H3,(H,19,23). The highest BCUT2D eigenvalue weighted by Crippen LogP contribution is 2.31. The van der Waals surface area contributed by atoms with E-state index >= 15 is 0 Å². The molecule has 0 aliphatic carbocycles. The summed E-state index contributed by atoms with van der Waals surface area (Å²) in [6.07, 6.45) is 3.40. The van der Waals surface area contributed by atoms with E-state index in [2.05, 4.69) is 20.4 Å². The zero-order valence-corrected chi connectivity index (χ0v) is 15.4. The first kappa shape index (κ1) is 17.5. The van der Waals surface area contributed by atoms with Gasteiger partial charge in [-0.25, -0.2) is 9.50 Å². The number of thioether (sulfide) groups is 1. The number of carbonyl (C=O) groups excluding carboxylic acids is 1. The van der Waals surface area contributed by atoms with E-state index in [0.717, 1.165) is 5.56 Å². The average molecular weight is 378 g/mol. The second-order valence-electron chi connectivity index (χ2n) is 5.31. The monoisotopic (exact) mass is 377 g/mol. The minimum absolute atomic E-state index is 0.183. The Hall–Kier alpha value is -2.32. The number of aromatic nitrogens is 4. The van der Waals surface area contributed by atoms with E-state index in [0.29, 0.717) is 27.4 Å². The molecule has 0 radical (unpaired) electrons. The molecule has 2 aromatic heterocycles. The maximum Gasteiger partial charge on any atom is 0.253 e. The molecule has 0 spiro atoms. The Morgan fingerprint density at radius 3 is 2.96 bits per heavy atom. The number of rotatable bonds is 5. The molecule has 0 saturated carbocycles. The van der Waals surface area contributed by atoms with Crippen molar-refractivity contribution in [1.82, 2.24) is 19.6 Å². The lowest BCUT2D eigenvalue weighted by molar-refractivity contribution is -0.115. The van der Waals surface area contributed by atoms with Crippen LogP contribution in [0.2, 0.25) is 5.02 Å². The van der Waals surface area contributed by atoms with Crippen LogP contribution in [-0.2, 0) is 4.79 Å². The van der Waals surface area contributed by atoms with E-state index in [1.807, 2.05) is 6.92 Å². The van der Waals surface area contributed by atoms with Crippen LogP contribution in [0.15, 0.2) is 35.7 Å². The van der Waals surface area contributed by atoms with Crippen LogP contribution in [0.4, 0.5) is 5.69 Å². The Balaban J connectivity index is 1.73. The highest BCUT2D eigenvalue weighted by Gasteiger charge is 2.19. The van der Waals surface area contributed by atoms with Gasteiger partial charge < -0.3 is 10.1 Å². The van der Waals surface area contributed by atoms with Crippen molar-refractivity contribution >= 4 is 40.7 Å². The van der Waals surface area contributed by atoms with Crippen LogP contribution < -0.4 is 10.1 Å². The zero-order chi connectivity index (χ0) is 18.0. The van der Waals surface area contributed by atoms with Gasteiger partial charge in [0.15, 0.2) is 0 Å². The maximum absolute atomic E-state index is 12.5. The number of benzene rings is 1. The van der Waals surface area contributed by atoms with Gasteiger partial charge in [-0.2, -0.15) is 4.98 Å². The van der Waals surface area contributed by atoms with Crippen LogP contribution in [0.5, 0.6) is 5.75 Å². The van der Waals surface area contributed by atoms with E-state index < -0.39 is 5.25 Å². The van der Waals surface area contributed by atoms with Gasteiger partial charge in [0.05, 0.1) is 18.0 Å². The number of halogens is 1. The molecule has 1 unspecified atom stereocenters. The molecule has 1 aromatic carbocycles. The second kappa shape index (κ2) is 7.28. The molecule has 0 aliphatic rings. The molecular formula is C16H16ClN5O2S. The number of nitrogens with one attached hydrogen (secondary N) is 1. The summed E-state index contributed by atoms with van der Waals surface area (Å²) < 4.78 is 6.85. The number of methoxy groups -OCH3 is 1. The molecule has 3 aromatic rings. The van der Waals surface area contributed by atoms with Crippen molar-refractivity contribution < 1.29 is 9.53 Å². The molecular weight excluding hydrogens is 362 g/mol. The third kappa shape index (κ3) is 3.85. The number of hydrogen-bond acceptors (Lipinski definition) is 6. The molecule has 1 atom stereocenters. The van der Waals surface area contributed by atoms with Gasteiger partial charge in [-0.1, -0.05) is 23.4 Å². The van der Waals surface area contributed by atoms with Crippen molar-refractivity contribution in [3.63, 3.8) is 0 Å². The number of carbonyl (C=O) groups is 1. The summed E-state index contributed by atoms with van der Waals surface area (Å²) in [4.78, 5) is 20.9. The third-order valence-electron chi connectivity index (χ3n) is 3.49. The van der Waals surface area contributed by atoms with E-state index in [-0.39, 0.29) is 5.91 Å². The first-order chi connectivity index (χ1) is 12.0. The summed E-state index contributed by atoms with van der Waals surface area (Å²) in [6, 6.07) is 5.23. The minimum Gasteiger partial charge on any atom is -0.495 e. The van der Waals surface area contributed by atoms with Gasteiger partial charge in [0.25, 0.3) is 5.78 Å². The van der Waals surface area contributed by atoms with Gasteiger partial charge in [-0.05, 0) is 31.5 Å². The highest BCUT2D eigenvalue weighted by molar-refractivity contribution is 8.00. The number of hydrogen-bond donors (Lipinski definition) is 1. The molecule has 0 fully saturated rings. The van der Waals surface area contributed by atoms with Crippen LogP contribution in [0, 0.1) is 6.92 Å². The smallest absolute Gasteiger partial charge is 0.253 e. The molecule has 3 rings (SSSR count). The lowest BCUT2D eigenvalue weighted by Gasteiger charge is -2.14. The topological polar surface area (TPSA) is 81.4 Å². The summed E-state index contributed by atoms with van der Waals surface area (Å²) in [5.74, 6) is 0.820. The summed E-state index contributed by atoms with van der Waals surface area (Å²) in [7, 11) is 1.53. The van der Waals surface area contributed by atoms with E-state index in [4.69, 9.17) is 16.3 Å². The Morgan fingerprint density at radius 1 is 1.44 bits per heavy atom. The largest absolute Gasteiger partial charge is 0.495 e. The molecule has 2 heterocycles. The van der Waals surface area contributed by atoms with Crippen LogP contribution in [0.25, 0.3) is 5.78 Å². The van der Waals surface area contributed by atoms with Gasteiger partial charge in [-0.3, -0.25) is 4.79 Å². The van der Waals surface area contributed by atoms with E-state index in [1.54, 1.807) is 42.0 Å². The number of nitrogens with zero attached hydrogens (tertiary/aromatic N) is 4. The van der Waals surface area contributed by atoms with Gasteiger partial charge >= 0.3 is 0 Å². The third-order valence-corrected chi connectivity index (χ3v) is 4.85. The fourth-order valence-electron chi connectivity index (χ4n) is 2.14. The number of aryl methyl sites for hydroxylation is 1. The summed E-state index contributed by atoms with van der Waals surface area (Å²) in [5.41, 5.74) is 1.43. The average Bonchev–Trinajstić information content (AvgIpc) is 3.00. The second-order valence-corrected chi connectivity index (χ2v) is 7.02. The molecule has 130 valence electrons. The van der Waals surface area contributed by atoms with Gasteiger partial charge in [0.1, 0.15) is 5.75 Å². The summed E-state index contributed by atoms with van der Waals surface area (Å²) >= 11 is 7.34. The van der Waals surface area contributed by atoms with Gasteiger partial charge in [0.2, 0.25) is 11.1 Å². The number of amides is 1. The van der Waals surface area contributed by atoms with Crippen LogP contribution >= 0.6 is 23.4 Å². The maximum atomic E-state index is 12.5. The van der Waals surface area contributed by atoms with Crippen molar-refractivity contribution in [2.45, 2.75) is 24.3 Å². The fourth-order valence-corrected chi connectivity index (χ4v) is 3.04. The summed E-state index contributed by atoms with van der Waals surface area (Å²) in [6.45, 7) is 3.65.